The molecule has 0 aromatic heterocycles. The van der Waals surface area contributed by atoms with Crippen LogP contribution in [0.4, 0.5) is 0 Å². The van der Waals surface area contributed by atoms with Crippen molar-refractivity contribution >= 4 is 5.91 Å². The lowest BCUT2D eigenvalue weighted by Gasteiger charge is -2.19. The molecular weight excluding hydrogens is 376 g/mol. The van der Waals surface area contributed by atoms with Gasteiger partial charge in [0.1, 0.15) is 0 Å². The number of amides is 1. The van der Waals surface area contributed by atoms with Crippen molar-refractivity contribution in [3.63, 3.8) is 0 Å². The molecule has 0 unspecified atom stereocenters. The second kappa shape index (κ2) is 11.0. The van der Waals surface area contributed by atoms with Crippen molar-refractivity contribution in [1.82, 2.24) is 5.32 Å². The first-order chi connectivity index (χ1) is 14.7. The molecule has 1 amide bonds. The van der Waals surface area contributed by atoms with Gasteiger partial charge in [-0.1, -0.05) is 66.7 Å². The summed E-state index contributed by atoms with van der Waals surface area (Å²) in [7, 11) is 3.26. The van der Waals surface area contributed by atoms with Gasteiger partial charge in [-0.15, -0.1) is 0 Å². The van der Waals surface area contributed by atoms with Crippen molar-refractivity contribution in [2.24, 2.45) is 0 Å². The van der Waals surface area contributed by atoms with Gasteiger partial charge in [0.2, 0.25) is 0 Å². The van der Waals surface area contributed by atoms with Crippen molar-refractivity contribution in [3.05, 3.63) is 95.6 Å². The third-order valence-corrected chi connectivity index (χ3v) is 4.99. The average Bonchev–Trinajstić information content (AvgIpc) is 2.81. The summed E-state index contributed by atoms with van der Waals surface area (Å²) >= 11 is 0. The summed E-state index contributed by atoms with van der Waals surface area (Å²) in [4.78, 5) is 12.6. The summed E-state index contributed by atoms with van der Waals surface area (Å²) in [5.41, 5.74) is 3.29. The fourth-order valence-corrected chi connectivity index (χ4v) is 3.41. The van der Waals surface area contributed by atoms with Gasteiger partial charge in [-0.05, 0) is 28.8 Å². The predicted octanol–water partition coefficient (Wildman–Crippen LogP) is 2.72. The fraction of sp³-hybridized carbons (Fsp3) is 0.240. The van der Waals surface area contributed by atoms with Gasteiger partial charge < -0.3 is 20.1 Å². The minimum Gasteiger partial charge on any atom is -0.493 e. The van der Waals surface area contributed by atoms with Crippen LogP contribution < -0.4 is 20.1 Å². The molecule has 0 aliphatic heterocycles. The number of hydrogen-bond donors (Lipinski definition) is 2. The van der Waals surface area contributed by atoms with E-state index >= 15 is 0 Å². The van der Waals surface area contributed by atoms with Crippen LogP contribution in [0.3, 0.4) is 0 Å². The number of methoxy groups -OCH3 is 2. The topological polar surface area (TPSA) is 64.2 Å². The van der Waals surface area contributed by atoms with Crippen LogP contribution in [0.2, 0.25) is 0 Å². The molecule has 3 aromatic carbocycles. The Morgan fingerprint density at radius 2 is 1.47 bits per heavy atom. The molecule has 0 atom stereocenters. The van der Waals surface area contributed by atoms with Gasteiger partial charge in [0, 0.05) is 6.42 Å². The predicted molar refractivity (Wildman–Crippen MR) is 118 cm³/mol. The summed E-state index contributed by atoms with van der Waals surface area (Å²) in [6, 6.07) is 25.9. The molecule has 156 valence electrons. The molecule has 30 heavy (non-hydrogen) atoms. The Balaban J connectivity index is 1.54. The number of hydrogen-bond acceptors (Lipinski definition) is 3. The Labute approximate surface area is 178 Å². The van der Waals surface area contributed by atoms with Gasteiger partial charge in [0.25, 0.3) is 5.91 Å². The lowest BCUT2D eigenvalue weighted by molar-refractivity contribution is -0.643. The van der Waals surface area contributed by atoms with E-state index < -0.39 is 0 Å². The standard InChI is InChI=1S/C25H28N2O3/c1-29-22-14-13-19(17-23(22)30-2)15-16-26-18-24(28)27-25(20-9-5-3-6-10-20)21-11-7-4-8-12-21/h3-14,17,25-26H,15-16,18H2,1-2H3,(H,27,28)/p+1. The molecule has 0 heterocycles. The van der Waals surface area contributed by atoms with Crippen LogP contribution in [-0.4, -0.2) is 33.2 Å². The molecule has 3 N–H and O–H groups in total. The van der Waals surface area contributed by atoms with E-state index in [1.54, 1.807) is 14.2 Å². The monoisotopic (exact) mass is 405 g/mol. The van der Waals surface area contributed by atoms with E-state index in [2.05, 4.69) is 5.32 Å². The molecule has 0 radical (unpaired) electrons. The number of quaternary nitrogens is 1. The molecule has 0 saturated heterocycles. The van der Waals surface area contributed by atoms with E-state index in [1.807, 2.05) is 84.2 Å². The van der Waals surface area contributed by atoms with Crippen molar-refractivity contribution in [3.8, 4) is 11.5 Å². The third kappa shape index (κ3) is 5.84. The Hall–Kier alpha value is -3.31. The largest absolute Gasteiger partial charge is 0.493 e. The van der Waals surface area contributed by atoms with Crippen molar-refractivity contribution in [2.75, 3.05) is 27.3 Å². The Morgan fingerprint density at radius 3 is 2.03 bits per heavy atom. The summed E-state index contributed by atoms with van der Waals surface area (Å²) < 4.78 is 10.6. The molecule has 0 aliphatic rings. The smallest absolute Gasteiger partial charge is 0.275 e. The lowest BCUT2D eigenvalue weighted by Crippen LogP contribution is -2.87. The van der Waals surface area contributed by atoms with E-state index in [-0.39, 0.29) is 11.9 Å². The second-order valence-electron chi connectivity index (χ2n) is 7.04. The maximum Gasteiger partial charge on any atom is 0.275 e. The molecule has 0 aliphatic carbocycles. The van der Waals surface area contributed by atoms with Crippen LogP contribution in [0.5, 0.6) is 11.5 Å². The third-order valence-electron chi connectivity index (χ3n) is 4.99. The first kappa shape index (κ1) is 21.4. The quantitative estimate of drug-likeness (QED) is 0.510. The second-order valence-corrected chi connectivity index (χ2v) is 7.04. The van der Waals surface area contributed by atoms with Gasteiger partial charge in [-0.25, -0.2) is 0 Å². The maximum absolute atomic E-state index is 12.6. The Bertz CT molecular complexity index is 890. The first-order valence-electron chi connectivity index (χ1n) is 10.1. The normalized spacial score (nSPS) is 10.6. The number of nitrogens with two attached hydrogens (primary N) is 1. The van der Waals surface area contributed by atoms with E-state index in [1.165, 1.54) is 0 Å². The molecule has 3 rings (SSSR count). The minimum absolute atomic E-state index is 0.0139. The number of carbonyl (C=O) groups is 1. The highest BCUT2D eigenvalue weighted by molar-refractivity contribution is 5.77. The van der Waals surface area contributed by atoms with E-state index in [0.717, 1.165) is 41.2 Å². The first-order valence-corrected chi connectivity index (χ1v) is 10.1. The molecule has 0 saturated carbocycles. The van der Waals surface area contributed by atoms with Crippen molar-refractivity contribution in [2.45, 2.75) is 12.5 Å². The number of benzene rings is 3. The van der Waals surface area contributed by atoms with Crippen LogP contribution in [0.1, 0.15) is 22.7 Å². The molecule has 5 heteroatoms. The zero-order valence-corrected chi connectivity index (χ0v) is 17.5. The molecule has 0 fully saturated rings. The van der Waals surface area contributed by atoms with Gasteiger partial charge in [0.05, 0.1) is 26.8 Å². The Kier molecular flexibility index (Phi) is 7.86. The summed E-state index contributed by atoms with van der Waals surface area (Å²) in [5, 5.41) is 5.20. The van der Waals surface area contributed by atoms with Crippen molar-refractivity contribution in [1.29, 1.82) is 0 Å². The Morgan fingerprint density at radius 1 is 0.867 bits per heavy atom. The summed E-state index contributed by atoms with van der Waals surface area (Å²) in [5.74, 6) is 1.46. The zero-order chi connectivity index (χ0) is 21.2. The van der Waals surface area contributed by atoms with E-state index in [0.29, 0.717) is 6.54 Å². The SMILES string of the molecule is COc1ccc(CC[NH2+]CC(=O)NC(c2ccccc2)c2ccccc2)cc1OC. The van der Waals surface area contributed by atoms with Crippen LogP contribution in [0, 0.1) is 0 Å². The molecule has 3 aromatic rings. The lowest BCUT2D eigenvalue weighted by atomic mass is 9.99. The highest BCUT2D eigenvalue weighted by atomic mass is 16.5. The highest BCUT2D eigenvalue weighted by Crippen LogP contribution is 2.27. The number of ether oxygens (including phenoxy) is 2. The maximum atomic E-state index is 12.6. The van der Waals surface area contributed by atoms with Gasteiger partial charge >= 0.3 is 0 Å². The van der Waals surface area contributed by atoms with Crippen LogP contribution >= 0.6 is 0 Å². The van der Waals surface area contributed by atoms with E-state index in [9.17, 15) is 4.79 Å². The zero-order valence-electron chi connectivity index (χ0n) is 17.5. The van der Waals surface area contributed by atoms with Crippen LogP contribution in [0.15, 0.2) is 78.9 Å². The molecule has 5 nitrogen and oxygen atoms in total. The van der Waals surface area contributed by atoms with Crippen LogP contribution in [0.25, 0.3) is 0 Å². The fourth-order valence-electron chi connectivity index (χ4n) is 3.41. The molecular formula is C25H29N2O3+. The molecule has 0 bridgehead atoms. The van der Waals surface area contributed by atoms with Crippen LogP contribution in [-0.2, 0) is 11.2 Å². The van der Waals surface area contributed by atoms with Crippen molar-refractivity contribution < 1.29 is 19.6 Å². The number of rotatable bonds is 10. The minimum atomic E-state index is -0.154. The average molecular weight is 406 g/mol. The van der Waals surface area contributed by atoms with Gasteiger partial charge in [-0.3, -0.25) is 4.79 Å². The summed E-state index contributed by atoms with van der Waals surface area (Å²) in [6.07, 6.45) is 0.842. The number of nitrogens with one attached hydrogen (secondary N) is 1. The summed E-state index contributed by atoms with van der Waals surface area (Å²) in [6.45, 7) is 1.19. The molecule has 0 spiro atoms. The van der Waals surface area contributed by atoms with Gasteiger partial charge in [-0.2, -0.15) is 0 Å². The highest BCUT2D eigenvalue weighted by Gasteiger charge is 2.17. The van der Waals surface area contributed by atoms with Gasteiger partial charge in [0.15, 0.2) is 18.0 Å². The number of carbonyl (C=O) groups excluding carboxylic acids is 1. The van der Waals surface area contributed by atoms with E-state index in [4.69, 9.17) is 9.47 Å².